The molecule has 0 unspecified atom stereocenters. The van der Waals surface area contributed by atoms with Gasteiger partial charge >= 0.3 is 0 Å². The van der Waals surface area contributed by atoms with E-state index in [1.807, 2.05) is 86.7 Å². The number of rotatable bonds is 5. The van der Waals surface area contributed by atoms with Gasteiger partial charge in [-0.25, -0.2) is 0 Å². The van der Waals surface area contributed by atoms with Gasteiger partial charge in [-0.2, -0.15) is 0 Å². The van der Waals surface area contributed by atoms with Crippen molar-refractivity contribution in [1.82, 2.24) is 0 Å². The van der Waals surface area contributed by atoms with Crippen molar-refractivity contribution in [2.45, 2.75) is 13.8 Å². The fourth-order valence-electron chi connectivity index (χ4n) is 3.27. The molecular weight excluding hydrogens is 360 g/mol. The van der Waals surface area contributed by atoms with Crippen LogP contribution in [0.2, 0.25) is 0 Å². The van der Waals surface area contributed by atoms with Gasteiger partial charge in [0.1, 0.15) is 18.1 Å². The first-order chi connectivity index (χ1) is 14.1. The van der Waals surface area contributed by atoms with Gasteiger partial charge in [0.25, 0.3) is 0 Å². The van der Waals surface area contributed by atoms with Crippen molar-refractivity contribution in [2.24, 2.45) is 0 Å². The lowest BCUT2D eigenvalue weighted by Crippen LogP contribution is -2.00. The van der Waals surface area contributed by atoms with Crippen LogP contribution in [0.15, 0.2) is 78.6 Å². The van der Waals surface area contributed by atoms with Crippen LogP contribution in [0.4, 0.5) is 0 Å². The summed E-state index contributed by atoms with van der Waals surface area (Å²) in [6, 6.07) is 21.7. The van der Waals surface area contributed by atoms with Gasteiger partial charge in [-0.3, -0.25) is 4.79 Å². The maximum atomic E-state index is 12.8. The van der Waals surface area contributed by atoms with Gasteiger partial charge in [-0.15, -0.1) is 0 Å². The maximum absolute atomic E-state index is 12.8. The summed E-state index contributed by atoms with van der Waals surface area (Å²) < 4.78 is 11.7. The fraction of sp³-hybridized carbons (Fsp3) is 0.115. The molecule has 3 aromatic rings. The van der Waals surface area contributed by atoms with Crippen LogP contribution in [0.5, 0.6) is 11.5 Å². The van der Waals surface area contributed by atoms with Crippen molar-refractivity contribution >= 4 is 17.9 Å². The zero-order chi connectivity index (χ0) is 20.2. The molecule has 0 N–H and O–H groups in total. The number of carbonyl (C=O) groups excluding carboxylic acids is 1. The first-order valence-electron chi connectivity index (χ1n) is 9.60. The highest BCUT2D eigenvalue weighted by molar-refractivity contribution is 6.15. The standard InChI is InChI=1S/C26H22O3/c1-18-10-12-21(13-11-18)16-24-26(27)25-19(2)15-22(17-23(25)29-24)28-14-6-9-20-7-4-3-5-8-20/h3-13,15-17H,14H2,1-2H3/b9-6+,24-16-. The third kappa shape index (κ3) is 4.30. The summed E-state index contributed by atoms with van der Waals surface area (Å²) in [6.45, 7) is 4.37. The largest absolute Gasteiger partial charge is 0.489 e. The maximum Gasteiger partial charge on any atom is 0.232 e. The number of allylic oxidation sites excluding steroid dienone is 1. The van der Waals surface area contributed by atoms with Crippen molar-refractivity contribution in [3.8, 4) is 11.5 Å². The summed E-state index contributed by atoms with van der Waals surface area (Å²) in [4.78, 5) is 12.8. The van der Waals surface area contributed by atoms with Crippen LogP contribution < -0.4 is 9.47 Å². The van der Waals surface area contributed by atoms with E-state index in [4.69, 9.17) is 9.47 Å². The van der Waals surface area contributed by atoms with Crippen molar-refractivity contribution in [3.05, 3.63) is 106 Å². The van der Waals surface area contributed by atoms with E-state index in [9.17, 15) is 4.79 Å². The molecule has 3 nitrogen and oxygen atoms in total. The normalized spacial score (nSPS) is 14.3. The molecule has 0 bridgehead atoms. The quantitative estimate of drug-likeness (QED) is 0.507. The third-order valence-corrected chi connectivity index (χ3v) is 4.77. The second kappa shape index (κ2) is 8.19. The average molecular weight is 382 g/mol. The van der Waals surface area contributed by atoms with Gasteiger partial charge in [0.05, 0.1) is 5.56 Å². The minimum atomic E-state index is -0.0893. The smallest absolute Gasteiger partial charge is 0.232 e. The van der Waals surface area contributed by atoms with E-state index < -0.39 is 0 Å². The Bertz CT molecular complexity index is 1090. The molecule has 0 aliphatic carbocycles. The van der Waals surface area contributed by atoms with Gasteiger partial charge in [-0.05, 0) is 48.8 Å². The Hall–Kier alpha value is -3.59. The Morgan fingerprint density at radius 1 is 0.931 bits per heavy atom. The van der Waals surface area contributed by atoms with Crippen LogP contribution in [0.25, 0.3) is 12.2 Å². The Balaban J connectivity index is 1.48. The van der Waals surface area contributed by atoms with Gasteiger partial charge in [0, 0.05) is 6.07 Å². The molecule has 144 valence electrons. The van der Waals surface area contributed by atoms with Gasteiger partial charge in [-0.1, -0.05) is 66.2 Å². The monoisotopic (exact) mass is 382 g/mol. The van der Waals surface area contributed by atoms with Gasteiger partial charge < -0.3 is 9.47 Å². The number of Topliss-reactive ketones (excluding diaryl/α,β-unsaturated/α-hetero) is 1. The lowest BCUT2D eigenvalue weighted by molar-refractivity contribution is 0.101. The highest BCUT2D eigenvalue weighted by Gasteiger charge is 2.29. The van der Waals surface area contributed by atoms with Crippen molar-refractivity contribution < 1.29 is 14.3 Å². The number of ketones is 1. The molecule has 0 fully saturated rings. The van der Waals surface area contributed by atoms with E-state index >= 15 is 0 Å². The Morgan fingerprint density at radius 3 is 2.45 bits per heavy atom. The first-order valence-corrected chi connectivity index (χ1v) is 9.60. The molecule has 0 spiro atoms. The van der Waals surface area contributed by atoms with Crippen LogP contribution >= 0.6 is 0 Å². The molecule has 0 saturated heterocycles. The SMILES string of the molecule is Cc1ccc(/C=C2\Oc3cc(OC/C=C/c4ccccc4)cc(C)c3C2=O)cc1. The number of carbonyl (C=O) groups is 1. The highest BCUT2D eigenvalue weighted by atomic mass is 16.5. The van der Waals surface area contributed by atoms with Crippen LogP contribution in [-0.4, -0.2) is 12.4 Å². The molecule has 0 radical (unpaired) electrons. The van der Waals surface area contributed by atoms with Gasteiger partial charge in [0.15, 0.2) is 5.76 Å². The number of aryl methyl sites for hydroxylation is 2. The number of hydrogen-bond acceptors (Lipinski definition) is 3. The Morgan fingerprint density at radius 2 is 1.69 bits per heavy atom. The minimum Gasteiger partial charge on any atom is -0.489 e. The molecule has 0 amide bonds. The van der Waals surface area contributed by atoms with Crippen LogP contribution in [0.1, 0.15) is 32.6 Å². The average Bonchev–Trinajstić information content (AvgIpc) is 3.03. The second-order valence-electron chi connectivity index (χ2n) is 7.09. The summed E-state index contributed by atoms with van der Waals surface area (Å²) >= 11 is 0. The van der Waals surface area contributed by atoms with Crippen molar-refractivity contribution in [1.29, 1.82) is 0 Å². The molecule has 29 heavy (non-hydrogen) atoms. The number of ether oxygens (including phenoxy) is 2. The van der Waals surface area contributed by atoms with Crippen molar-refractivity contribution in [3.63, 3.8) is 0 Å². The second-order valence-corrected chi connectivity index (χ2v) is 7.09. The molecule has 0 saturated carbocycles. The first kappa shape index (κ1) is 18.8. The molecule has 4 rings (SSSR count). The third-order valence-electron chi connectivity index (χ3n) is 4.77. The Labute approximate surface area is 170 Å². The molecule has 1 aliphatic rings. The molecule has 3 heteroatoms. The Kier molecular flexibility index (Phi) is 5.30. The summed E-state index contributed by atoms with van der Waals surface area (Å²) in [5.41, 5.74) is 4.69. The fourth-order valence-corrected chi connectivity index (χ4v) is 3.27. The number of benzene rings is 3. The van der Waals surface area contributed by atoms with E-state index in [1.54, 1.807) is 12.1 Å². The molecule has 3 aromatic carbocycles. The summed E-state index contributed by atoms with van der Waals surface area (Å²) in [5, 5.41) is 0. The molecule has 1 aliphatic heterocycles. The van der Waals surface area contributed by atoms with Crippen molar-refractivity contribution in [2.75, 3.05) is 6.61 Å². The van der Waals surface area contributed by atoms with E-state index in [1.165, 1.54) is 5.56 Å². The molecule has 0 atom stereocenters. The highest BCUT2D eigenvalue weighted by Crippen LogP contribution is 2.37. The number of fused-ring (bicyclic) bond motifs is 1. The minimum absolute atomic E-state index is 0.0893. The molecule has 1 heterocycles. The summed E-state index contributed by atoms with van der Waals surface area (Å²) in [5.74, 6) is 1.49. The van der Waals surface area contributed by atoms with Crippen LogP contribution in [0.3, 0.4) is 0 Å². The zero-order valence-electron chi connectivity index (χ0n) is 16.5. The molecular formula is C26H22O3. The topological polar surface area (TPSA) is 35.5 Å². The predicted molar refractivity (Wildman–Crippen MR) is 116 cm³/mol. The summed E-state index contributed by atoms with van der Waals surface area (Å²) in [6.07, 6.45) is 5.76. The molecule has 0 aromatic heterocycles. The van der Waals surface area contributed by atoms with E-state index in [2.05, 4.69) is 0 Å². The van der Waals surface area contributed by atoms with E-state index in [0.29, 0.717) is 29.4 Å². The summed E-state index contributed by atoms with van der Waals surface area (Å²) in [7, 11) is 0. The zero-order valence-corrected chi connectivity index (χ0v) is 16.5. The van der Waals surface area contributed by atoms with Crippen LogP contribution in [0, 0.1) is 13.8 Å². The van der Waals surface area contributed by atoms with Gasteiger partial charge in [0.2, 0.25) is 5.78 Å². The van der Waals surface area contributed by atoms with Crippen LogP contribution in [-0.2, 0) is 0 Å². The van der Waals surface area contributed by atoms with E-state index in [-0.39, 0.29) is 5.78 Å². The number of hydrogen-bond donors (Lipinski definition) is 0. The van der Waals surface area contributed by atoms with E-state index in [0.717, 1.165) is 16.7 Å². The lowest BCUT2D eigenvalue weighted by Gasteiger charge is -2.07. The lowest BCUT2D eigenvalue weighted by atomic mass is 10.0. The predicted octanol–water partition coefficient (Wildman–Crippen LogP) is 6.01.